The molecule has 0 aliphatic carbocycles. The third kappa shape index (κ3) is 4.92. The van der Waals surface area contributed by atoms with Crippen LogP contribution < -0.4 is 10.6 Å². The Hall–Kier alpha value is -2.80. The number of benzene rings is 2. The topological polar surface area (TPSA) is 78.5 Å². The van der Waals surface area contributed by atoms with Gasteiger partial charge >= 0.3 is 0 Å². The first kappa shape index (κ1) is 19.9. The molecule has 2 aromatic rings. The van der Waals surface area contributed by atoms with Crippen LogP contribution in [0.2, 0.25) is 0 Å². The molecule has 1 aliphatic heterocycles. The quantitative estimate of drug-likeness (QED) is 0.735. The van der Waals surface area contributed by atoms with Gasteiger partial charge in [-0.3, -0.25) is 14.4 Å². The van der Waals surface area contributed by atoms with Crippen LogP contribution >= 0.6 is 11.8 Å². The highest BCUT2D eigenvalue weighted by Crippen LogP contribution is 2.25. The van der Waals surface area contributed by atoms with Gasteiger partial charge in [-0.2, -0.15) is 0 Å². The van der Waals surface area contributed by atoms with Gasteiger partial charge in [0.1, 0.15) is 0 Å². The number of rotatable bonds is 6. The summed E-state index contributed by atoms with van der Waals surface area (Å²) in [5.41, 5.74) is 1.65. The summed E-state index contributed by atoms with van der Waals surface area (Å²) in [5.74, 6) is 0.0136. The van der Waals surface area contributed by atoms with Crippen molar-refractivity contribution in [3.8, 4) is 0 Å². The first-order valence-corrected chi connectivity index (χ1v) is 10.2. The minimum atomic E-state index is -0.246. The highest BCUT2D eigenvalue weighted by atomic mass is 32.2. The standard InChI is InChI=1S/C21H23N3O3S/c1-22-20(26)15-8-10-16(11-9-15)23-21(27)17-6-2-3-7-18(17)28-14-19(25)24-12-4-5-13-24/h2-3,6-11H,4-5,12-14H2,1H3,(H,22,26)(H,23,27). The molecule has 1 saturated heterocycles. The monoisotopic (exact) mass is 397 g/mol. The van der Waals surface area contributed by atoms with E-state index in [1.807, 2.05) is 17.0 Å². The fourth-order valence-electron chi connectivity index (χ4n) is 3.03. The fourth-order valence-corrected chi connectivity index (χ4v) is 3.98. The molecule has 1 fully saturated rings. The van der Waals surface area contributed by atoms with Gasteiger partial charge < -0.3 is 15.5 Å². The van der Waals surface area contributed by atoms with E-state index in [1.54, 1.807) is 43.4 Å². The molecule has 6 nitrogen and oxygen atoms in total. The molecule has 0 bridgehead atoms. The number of nitrogens with one attached hydrogen (secondary N) is 2. The van der Waals surface area contributed by atoms with Crippen molar-refractivity contribution < 1.29 is 14.4 Å². The van der Waals surface area contributed by atoms with Gasteiger partial charge in [-0.05, 0) is 49.2 Å². The zero-order chi connectivity index (χ0) is 19.9. The van der Waals surface area contributed by atoms with Crippen molar-refractivity contribution in [2.24, 2.45) is 0 Å². The average Bonchev–Trinajstić information content (AvgIpc) is 3.27. The molecule has 1 heterocycles. The second kappa shape index (κ2) is 9.41. The van der Waals surface area contributed by atoms with E-state index in [1.165, 1.54) is 11.8 Å². The molecule has 146 valence electrons. The largest absolute Gasteiger partial charge is 0.355 e. The number of amides is 3. The second-order valence-electron chi connectivity index (χ2n) is 6.48. The predicted octanol–water partition coefficient (Wildman–Crippen LogP) is 3.01. The Morgan fingerprint density at radius 1 is 0.964 bits per heavy atom. The minimum Gasteiger partial charge on any atom is -0.355 e. The first-order valence-electron chi connectivity index (χ1n) is 9.21. The van der Waals surface area contributed by atoms with E-state index < -0.39 is 0 Å². The third-order valence-electron chi connectivity index (χ3n) is 4.57. The maximum Gasteiger partial charge on any atom is 0.256 e. The molecule has 0 saturated carbocycles. The van der Waals surface area contributed by atoms with E-state index in [4.69, 9.17) is 0 Å². The van der Waals surface area contributed by atoms with Crippen molar-refractivity contribution in [2.45, 2.75) is 17.7 Å². The van der Waals surface area contributed by atoms with Crippen molar-refractivity contribution in [1.82, 2.24) is 10.2 Å². The number of thioether (sulfide) groups is 1. The first-order chi connectivity index (χ1) is 13.6. The van der Waals surface area contributed by atoms with Gasteiger partial charge in [-0.15, -0.1) is 11.8 Å². The van der Waals surface area contributed by atoms with E-state index in [9.17, 15) is 14.4 Å². The summed E-state index contributed by atoms with van der Waals surface area (Å²) < 4.78 is 0. The lowest BCUT2D eigenvalue weighted by Crippen LogP contribution is -2.29. The summed E-state index contributed by atoms with van der Waals surface area (Å²) in [6, 6.07) is 14.0. The van der Waals surface area contributed by atoms with Gasteiger partial charge in [-0.1, -0.05) is 12.1 Å². The Bertz CT molecular complexity index is 861. The third-order valence-corrected chi connectivity index (χ3v) is 5.63. The summed E-state index contributed by atoms with van der Waals surface area (Å²) in [6.45, 7) is 1.65. The lowest BCUT2D eigenvalue weighted by Gasteiger charge is -2.15. The average molecular weight is 398 g/mol. The van der Waals surface area contributed by atoms with Crippen molar-refractivity contribution in [3.63, 3.8) is 0 Å². The minimum absolute atomic E-state index is 0.113. The Labute approximate surface area is 168 Å². The van der Waals surface area contributed by atoms with Crippen LogP contribution in [0.4, 0.5) is 5.69 Å². The lowest BCUT2D eigenvalue weighted by atomic mass is 10.1. The van der Waals surface area contributed by atoms with Gasteiger partial charge in [0.2, 0.25) is 5.91 Å². The smallest absolute Gasteiger partial charge is 0.256 e. The summed E-state index contributed by atoms with van der Waals surface area (Å²) >= 11 is 1.39. The zero-order valence-electron chi connectivity index (χ0n) is 15.7. The number of hydrogen-bond acceptors (Lipinski definition) is 4. The van der Waals surface area contributed by atoms with E-state index in [2.05, 4.69) is 10.6 Å². The molecular formula is C21H23N3O3S. The highest BCUT2D eigenvalue weighted by Gasteiger charge is 2.19. The van der Waals surface area contributed by atoms with Crippen LogP contribution in [-0.2, 0) is 4.79 Å². The van der Waals surface area contributed by atoms with Crippen LogP contribution in [0.5, 0.6) is 0 Å². The molecule has 2 N–H and O–H groups in total. The Morgan fingerprint density at radius 3 is 2.32 bits per heavy atom. The van der Waals surface area contributed by atoms with Crippen LogP contribution in [0.1, 0.15) is 33.6 Å². The molecular weight excluding hydrogens is 374 g/mol. The number of nitrogens with zero attached hydrogens (tertiary/aromatic N) is 1. The van der Waals surface area contributed by atoms with Gasteiger partial charge in [0.15, 0.2) is 0 Å². The SMILES string of the molecule is CNC(=O)c1ccc(NC(=O)c2ccccc2SCC(=O)N2CCCC2)cc1. The van der Waals surface area contributed by atoms with Gasteiger partial charge in [0, 0.05) is 36.3 Å². The molecule has 0 radical (unpaired) electrons. The molecule has 3 amide bonds. The van der Waals surface area contributed by atoms with Crippen LogP contribution in [0.25, 0.3) is 0 Å². The molecule has 0 unspecified atom stereocenters. The van der Waals surface area contributed by atoms with Crippen molar-refractivity contribution >= 4 is 35.2 Å². The molecule has 7 heteroatoms. The van der Waals surface area contributed by atoms with Crippen molar-refractivity contribution in [2.75, 3.05) is 31.2 Å². The second-order valence-corrected chi connectivity index (χ2v) is 7.50. The number of carbonyl (C=O) groups is 3. The normalized spacial score (nSPS) is 13.2. The number of hydrogen-bond donors (Lipinski definition) is 2. The summed E-state index contributed by atoms with van der Waals surface area (Å²) in [7, 11) is 1.57. The Morgan fingerprint density at radius 2 is 1.64 bits per heavy atom. The molecule has 2 aromatic carbocycles. The Kier molecular flexibility index (Phi) is 6.71. The Balaban J connectivity index is 1.65. The highest BCUT2D eigenvalue weighted by molar-refractivity contribution is 8.00. The molecule has 0 aromatic heterocycles. The van der Waals surface area contributed by atoms with Crippen LogP contribution in [0, 0.1) is 0 Å². The maximum atomic E-state index is 12.7. The molecule has 28 heavy (non-hydrogen) atoms. The van der Waals surface area contributed by atoms with Crippen LogP contribution in [0.15, 0.2) is 53.4 Å². The zero-order valence-corrected chi connectivity index (χ0v) is 16.6. The number of likely N-dealkylation sites (tertiary alicyclic amines) is 1. The van der Waals surface area contributed by atoms with Crippen molar-refractivity contribution in [3.05, 3.63) is 59.7 Å². The van der Waals surface area contributed by atoms with E-state index in [0.717, 1.165) is 30.8 Å². The van der Waals surface area contributed by atoms with Gasteiger partial charge in [0.25, 0.3) is 11.8 Å². The van der Waals surface area contributed by atoms with E-state index in [0.29, 0.717) is 22.6 Å². The molecule has 1 aliphatic rings. The van der Waals surface area contributed by atoms with Crippen molar-refractivity contribution in [1.29, 1.82) is 0 Å². The fraction of sp³-hybridized carbons (Fsp3) is 0.286. The van der Waals surface area contributed by atoms with Gasteiger partial charge in [0.05, 0.1) is 11.3 Å². The molecule has 0 atom stereocenters. The molecule has 0 spiro atoms. The van der Waals surface area contributed by atoms with Gasteiger partial charge in [-0.25, -0.2) is 0 Å². The maximum absolute atomic E-state index is 12.7. The molecule has 3 rings (SSSR count). The summed E-state index contributed by atoms with van der Waals surface area (Å²) in [6.07, 6.45) is 2.13. The lowest BCUT2D eigenvalue weighted by molar-refractivity contribution is -0.127. The van der Waals surface area contributed by atoms with E-state index in [-0.39, 0.29) is 17.7 Å². The van der Waals surface area contributed by atoms with Crippen LogP contribution in [0.3, 0.4) is 0 Å². The number of anilines is 1. The predicted molar refractivity (Wildman–Crippen MR) is 111 cm³/mol. The van der Waals surface area contributed by atoms with E-state index >= 15 is 0 Å². The summed E-state index contributed by atoms with van der Waals surface area (Å²) in [4.78, 5) is 39.2. The van der Waals surface area contributed by atoms with Crippen LogP contribution in [-0.4, -0.2) is 48.5 Å². The summed E-state index contributed by atoms with van der Waals surface area (Å²) in [5, 5.41) is 5.40. The number of carbonyl (C=O) groups excluding carboxylic acids is 3.